The minimum Gasteiger partial charge on any atom is -0.462 e. The fraction of sp³-hybridized carbons (Fsp3) is 0.695. The topological polar surface area (TPSA) is 61.8 Å². The molecule has 0 aromatic rings. The predicted octanol–water partition coefficient (Wildman–Crippen LogP) is 18.2. The molecule has 0 amide bonds. The Balaban J connectivity index is 4.32. The molecule has 0 aliphatic heterocycles. The van der Waals surface area contributed by atoms with Crippen LogP contribution in [0.4, 0.5) is 0 Å². The third-order valence-corrected chi connectivity index (χ3v) is 11.1. The molecule has 0 radical (unpaired) electrons. The molecule has 366 valence electrons. The average molecular weight is 889 g/mol. The minimum atomic E-state index is -0.562. The van der Waals surface area contributed by atoms with Crippen LogP contribution in [0.15, 0.2) is 97.2 Å². The van der Waals surface area contributed by atoms with Crippen molar-refractivity contribution in [1.82, 2.24) is 0 Å². The molecule has 0 rings (SSSR count). The summed E-state index contributed by atoms with van der Waals surface area (Å²) in [5.74, 6) is -0.451. The van der Waals surface area contributed by atoms with Gasteiger partial charge in [-0.3, -0.25) is 9.59 Å². The van der Waals surface area contributed by atoms with Crippen LogP contribution in [0, 0.1) is 0 Å². The molecule has 0 heterocycles. The van der Waals surface area contributed by atoms with Gasteiger partial charge in [0.15, 0.2) is 6.10 Å². The van der Waals surface area contributed by atoms with Crippen LogP contribution >= 0.6 is 0 Å². The molecule has 0 saturated carbocycles. The summed E-state index contributed by atoms with van der Waals surface area (Å²) in [6.07, 6.45) is 72.7. The van der Waals surface area contributed by atoms with Crippen LogP contribution in [0.3, 0.4) is 0 Å². The van der Waals surface area contributed by atoms with Crippen LogP contribution in [0.2, 0.25) is 0 Å². The Labute approximate surface area is 396 Å². The molecule has 0 aliphatic rings. The maximum Gasteiger partial charge on any atom is 0.306 e. The maximum absolute atomic E-state index is 12.8. The van der Waals surface area contributed by atoms with Crippen molar-refractivity contribution in [2.24, 2.45) is 0 Å². The summed E-state index contributed by atoms with van der Waals surface area (Å²) in [5, 5.41) is 0. The first-order chi connectivity index (χ1) is 31.6. The molecule has 0 saturated heterocycles. The molecule has 0 aromatic carbocycles. The van der Waals surface area contributed by atoms with E-state index in [-0.39, 0.29) is 25.2 Å². The van der Waals surface area contributed by atoms with E-state index in [1.165, 1.54) is 103 Å². The number of allylic oxidation sites excluding steroid dienone is 16. The number of ether oxygens (including phenoxy) is 3. The standard InChI is InChI=1S/C59H100O5/c1-4-7-10-13-16-19-22-24-26-28-30-31-33-35-38-40-43-46-49-52-58(60)63-56-57(64-59(61)53-50-47-44-41-37-21-18-15-12-9-6-3)55-62-54-51-48-45-42-39-36-34-32-29-27-25-23-20-17-14-11-8-5-2/h7,10,15-20,24-27,30-31,35,38,57H,4-6,8-9,11-14,21-23,28-29,32-34,36-37,39-56H2,1-3H3/b10-7-,18-15-,19-16-,20-17-,26-24-,27-25-,31-30-,38-35-. The summed E-state index contributed by atoms with van der Waals surface area (Å²) in [5.41, 5.74) is 0. The lowest BCUT2D eigenvalue weighted by Gasteiger charge is -2.18. The van der Waals surface area contributed by atoms with Gasteiger partial charge >= 0.3 is 11.9 Å². The van der Waals surface area contributed by atoms with Crippen LogP contribution in [-0.2, 0) is 23.8 Å². The molecule has 0 aliphatic carbocycles. The van der Waals surface area contributed by atoms with Crippen molar-refractivity contribution in [3.63, 3.8) is 0 Å². The highest BCUT2D eigenvalue weighted by Crippen LogP contribution is 2.13. The van der Waals surface area contributed by atoms with Gasteiger partial charge in [0, 0.05) is 19.4 Å². The van der Waals surface area contributed by atoms with Crippen molar-refractivity contribution in [2.75, 3.05) is 19.8 Å². The van der Waals surface area contributed by atoms with Gasteiger partial charge < -0.3 is 14.2 Å². The molecule has 5 heteroatoms. The normalized spacial score (nSPS) is 13.0. The third-order valence-electron chi connectivity index (χ3n) is 11.1. The summed E-state index contributed by atoms with van der Waals surface area (Å²) < 4.78 is 17.4. The smallest absolute Gasteiger partial charge is 0.306 e. The molecular weight excluding hydrogens is 789 g/mol. The van der Waals surface area contributed by atoms with Crippen molar-refractivity contribution in [3.05, 3.63) is 97.2 Å². The van der Waals surface area contributed by atoms with Crippen molar-refractivity contribution in [3.8, 4) is 0 Å². The van der Waals surface area contributed by atoms with Gasteiger partial charge in [0.05, 0.1) is 6.61 Å². The van der Waals surface area contributed by atoms with Crippen molar-refractivity contribution in [2.45, 2.75) is 245 Å². The van der Waals surface area contributed by atoms with E-state index < -0.39 is 6.10 Å². The zero-order valence-electron chi connectivity index (χ0n) is 42.0. The van der Waals surface area contributed by atoms with Crippen LogP contribution in [-0.4, -0.2) is 37.9 Å². The molecule has 64 heavy (non-hydrogen) atoms. The zero-order chi connectivity index (χ0) is 46.3. The Bertz CT molecular complexity index is 1230. The van der Waals surface area contributed by atoms with Gasteiger partial charge in [-0.1, -0.05) is 208 Å². The van der Waals surface area contributed by atoms with Crippen LogP contribution in [0.25, 0.3) is 0 Å². The van der Waals surface area contributed by atoms with Crippen LogP contribution in [0.5, 0.6) is 0 Å². The molecule has 5 nitrogen and oxygen atoms in total. The number of hydrogen-bond donors (Lipinski definition) is 0. The van der Waals surface area contributed by atoms with Crippen LogP contribution < -0.4 is 0 Å². The second-order valence-electron chi connectivity index (χ2n) is 17.4. The highest BCUT2D eigenvalue weighted by Gasteiger charge is 2.17. The Morgan fingerprint density at radius 1 is 0.359 bits per heavy atom. The van der Waals surface area contributed by atoms with Gasteiger partial charge in [0.1, 0.15) is 6.61 Å². The monoisotopic (exact) mass is 889 g/mol. The number of unbranched alkanes of at least 4 members (excludes halogenated alkanes) is 21. The Morgan fingerprint density at radius 3 is 1.20 bits per heavy atom. The molecule has 1 unspecified atom stereocenters. The number of carbonyl (C=O) groups excluding carboxylic acids is 2. The molecular formula is C59H100O5. The SMILES string of the molecule is CC/C=C\C/C=C\C/C=C\C/C=C\C/C=C\CCCCCC(=O)OCC(COCCCCCCCCCC/C=C\C/C=C\CCCCC)OC(=O)CCCCCCC/C=C\CCCC. The highest BCUT2D eigenvalue weighted by atomic mass is 16.6. The van der Waals surface area contributed by atoms with Gasteiger partial charge in [-0.05, 0) is 116 Å². The van der Waals surface area contributed by atoms with E-state index in [1.54, 1.807) is 0 Å². The average Bonchev–Trinajstić information content (AvgIpc) is 3.30. The fourth-order valence-electron chi connectivity index (χ4n) is 7.08. The van der Waals surface area contributed by atoms with Crippen LogP contribution in [0.1, 0.15) is 239 Å². The van der Waals surface area contributed by atoms with E-state index in [9.17, 15) is 9.59 Å². The molecule has 0 N–H and O–H groups in total. The molecule has 1 atom stereocenters. The van der Waals surface area contributed by atoms with E-state index in [2.05, 4.69) is 118 Å². The highest BCUT2D eigenvalue weighted by molar-refractivity contribution is 5.70. The first-order valence-electron chi connectivity index (χ1n) is 26.8. The van der Waals surface area contributed by atoms with Gasteiger partial charge in [-0.15, -0.1) is 0 Å². The molecule has 0 fully saturated rings. The number of rotatable bonds is 48. The zero-order valence-corrected chi connectivity index (χ0v) is 42.0. The lowest BCUT2D eigenvalue weighted by molar-refractivity contribution is -0.163. The predicted molar refractivity (Wildman–Crippen MR) is 279 cm³/mol. The largest absolute Gasteiger partial charge is 0.462 e. The minimum absolute atomic E-state index is 0.0579. The number of hydrogen-bond acceptors (Lipinski definition) is 5. The maximum atomic E-state index is 12.8. The van der Waals surface area contributed by atoms with E-state index >= 15 is 0 Å². The Kier molecular flexibility index (Phi) is 51.5. The second kappa shape index (κ2) is 54.2. The summed E-state index contributed by atoms with van der Waals surface area (Å²) in [7, 11) is 0. The van der Waals surface area contributed by atoms with E-state index in [0.717, 1.165) is 103 Å². The fourth-order valence-corrected chi connectivity index (χ4v) is 7.08. The van der Waals surface area contributed by atoms with Gasteiger partial charge in [0.2, 0.25) is 0 Å². The lowest BCUT2D eigenvalue weighted by atomic mass is 10.1. The van der Waals surface area contributed by atoms with Crippen molar-refractivity contribution >= 4 is 11.9 Å². The Hall–Kier alpha value is -3.18. The molecule has 0 bridgehead atoms. The lowest BCUT2D eigenvalue weighted by Crippen LogP contribution is -2.30. The summed E-state index contributed by atoms with van der Waals surface area (Å²) in [4.78, 5) is 25.4. The van der Waals surface area contributed by atoms with E-state index in [1.807, 2.05) is 0 Å². The number of esters is 2. The van der Waals surface area contributed by atoms with Crippen molar-refractivity contribution < 1.29 is 23.8 Å². The van der Waals surface area contributed by atoms with Crippen molar-refractivity contribution in [1.29, 1.82) is 0 Å². The molecule has 0 spiro atoms. The first-order valence-corrected chi connectivity index (χ1v) is 26.8. The summed E-state index contributed by atoms with van der Waals surface area (Å²) >= 11 is 0. The van der Waals surface area contributed by atoms with E-state index in [4.69, 9.17) is 14.2 Å². The number of carbonyl (C=O) groups is 2. The summed E-state index contributed by atoms with van der Waals surface area (Å²) in [6, 6.07) is 0. The van der Waals surface area contributed by atoms with Gasteiger partial charge in [-0.2, -0.15) is 0 Å². The van der Waals surface area contributed by atoms with Gasteiger partial charge in [-0.25, -0.2) is 0 Å². The first kappa shape index (κ1) is 60.8. The molecule has 0 aromatic heterocycles. The quantitative estimate of drug-likeness (QED) is 0.0346. The van der Waals surface area contributed by atoms with Gasteiger partial charge in [0.25, 0.3) is 0 Å². The third kappa shape index (κ3) is 51.5. The summed E-state index contributed by atoms with van der Waals surface area (Å²) in [6.45, 7) is 7.60. The Morgan fingerprint density at radius 2 is 0.719 bits per heavy atom. The second-order valence-corrected chi connectivity index (χ2v) is 17.4. The van der Waals surface area contributed by atoms with E-state index in [0.29, 0.717) is 19.4 Å².